The fourth-order valence-electron chi connectivity index (χ4n) is 1.27. The first-order valence-electron chi connectivity index (χ1n) is 4.67. The molecule has 1 N–H and O–H groups in total. The second kappa shape index (κ2) is 4.17. The lowest BCUT2D eigenvalue weighted by molar-refractivity contribution is 0.472. The number of rotatable bonds is 3. The zero-order valence-corrected chi connectivity index (χ0v) is 8.49. The number of anilines is 1. The summed E-state index contributed by atoms with van der Waals surface area (Å²) in [7, 11) is 2.00. The topological polar surface area (TPSA) is 23.5 Å². The van der Waals surface area contributed by atoms with Crippen LogP contribution in [0.3, 0.4) is 0 Å². The van der Waals surface area contributed by atoms with Gasteiger partial charge in [0, 0.05) is 13.1 Å². The van der Waals surface area contributed by atoms with Crippen molar-refractivity contribution in [3.63, 3.8) is 0 Å². The van der Waals surface area contributed by atoms with Crippen molar-refractivity contribution in [2.24, 2.45) is 0 Å². The molecule has 0 aliphatic heterocycles. The van der Waals surface area contributed by atoms with Gasteiger partial charge >= 0.3 is 0 Å². The van der Waals surface area contributed by atoms with Crippen LogP contribution < -0.4 is 4.90 Å². The lowest BCUT2D eigenvalue weighted by Gasteiger charge is -2.26. The minimum absolute atomic E-state index is 0.352. The van der Waals surface area contributed by atoms with Crippen molar-refractivity contribution in [2.45, 2.75) is 26.3 Å². The smallest absolute Gasteiger partial charge is 0.138 e. The molecular formula is C11H17NO. The highest BCUT2D eigenvalue weighted by atomic mass is 16.3. The first-order chi connectivity index (χ1) is 6.16. The highest BCUT2D eigenvalue weighted by molar-refractivity contribution is 5.57. The fourth-order valence-corrected chi connectivity index (χ4v) is 1.27. The average Bonchev–Trinajstić information content (AvgIpc) is 2.16. The van der Waals surface area contributed by atoms with E-state index < -0.39 is 0 Å². The summed E-state index contributed by atoms with van der Waals surface area (Å²) in [5.41, 5.74) is 0.900. The van der Waals surface area contributed by atoms with Gasteiger partial charge in [0.25, 0.3) is 0 Å². The number of phenols is 1. The summed E-state index contributed by atoms with van der Waals surface area (Å²) in [6.45, 7) is 4.29. The van der Waals surface area contributed by atoms with Crippen LogP contribution in [0.15, 0.2) is 24.3 Å². The van der Waals surface area contributed by atoms with Crippen LogP contribution in [-0.2, 0) is 0 Å². The van der Waals surface area contributed by atoms with E-state index in [-0.39, 0.29) is 0 Å². The zero-order valence-electron chi connectivity index (χ0n) is 8.49. The maximum Gasteiger partial charge on any atom is 0.138 e. The lowest BCUT2D eigenvalue weighted by Crippen LogP contribution is -2.27. The number of nitrogens with zero attached hydrogens (tertiary/aromatic N) is 1. The lowest BCUT2D eigenvalue weighted by atomic mass is 10.2. The van der Waals surface area contributed by atoms with E-state index in [2.05, 4.69) is 18.7 Å². The van der Waals surface area contributed by atoms with E-state index in [9.17, 15) is 5.11 Å². The Balaban J connectivity index is 2.88. The Hall–Kier alpha value is -1.18. The third-order valence-electron chi connectivity index (χ3n) is 2.51. The van der Waals surface area contributed by atoms with Crippen molar-refractivity contribution >= 4 is 5.69 Å². The molecule has 0 radical (unpaired) electrons. The summed E-state index contributed by atoms with van der Waals surface area (Å²) in [6, 6.07) is 7.88. The van der Waals surface area contributed by atoms with Crippen LogP contribution in [0.1, 0.15) is 20.3 Å². The summed E-state index contributed by atoms with van der Waals surface area (Å²) in [5.74, 6) is 0.352. The van der Waals surface area contributed by atoms with Gasteiger partial charge in [0.15, 0.2) is 0 Å². The largest absolute Gasteiger partial charge is 0.506 e. The molecule has 1 rings (SSSR count). The molecule has 0 amide bonds. The van der Waals surface area contributed by atoms with E-state index in [0.717, 1.165) is 12.1 Å². The summed E-state index contributed by atoms with van der Waals surface area (Å²) in [5, 5.41) is 9.58. The van der Waals surface area contributed by atoms with Gasteiger partial charge in [-0.3, -0.25) is 0 Å². The second-order valence-corrected chi connectivity index (χ2v) is 3.36. The number of benzene rings is 1. The Kier molecular flexibility index (Phi) is 3.18. The molecule has 0 saturated heterocycles. The highest BCUT2D eigenvalue weighted by Crippen LogP contribution is 2.27. The Morgan fingerprint density at radius 1 is 1.38 bits per heavy atom. The molecule has 1 atom stereocenters. The number of phenolic OH excluding ortho intramolecular Hbond substituents is 1. The Bertz CT molecular complexity index is 273. The molecule has 72 valence electrons. The van der Waals surface area contributed by atoms with Crippen molar-refractivity contribution in [3.05, 3.63) is 24.3 Å². The first-order valence-corrected chi connectivity index (χ1v) is 4.67. The molecular weight excluding hydrogens is 162 g/mol. The molecule has 0 saturated carbocycles. The van der Waals surface area contributed by atoms with Gasteiger partial charge in [0.05, 0.1) is 5.69 Å². The SMILES string of the molecule is CCC(C)N(C)c1ccccc1O. The van der Waals surface area contributed by atoms with Gasteiger partial charge in [-0.1, -0.05) is 19.1 Å². The molecule has 1 unspecified atom stereocenters. The minimum atomic E-state index is 0.352. The summed E-state index contributed by atoms with van der Waals surface area (Å²) >= 11 is 0. The molecule has 0 fully saturated rings. The third-order valence-corrected chi connectivity index (χ3v) is 2.51. The Morgan fingerprint density at radius 3 is 2.54 bits per heavy atom. The number of hydrogen-bond donors (Lipinski definition) is 1. The van der Waals surface area contributed by atoms with Crippen molar-refractivity contribution in [1.29, 1.82) is 0 Å². The van der Waals surface area contributed by atoms with Gasteiger partial charge in [-0.15, -0.1) is 0 Å². The molecule has 0 aromatic heterocycles. The number of aromatic hydroxyl groups is 1. The van der Waals surface area contributed by atoms with Gasteiger partial charge in [0.2, 0.25) is 0 Å². The molecule has 0 aliphatic carbocycles. The molecule has 2 nitrogen and oxygen atoms in total. The average molecular weight is 179 g/mol. The normalized spacial score (nSPS) is 12.5. The van der Waals surface area contributed by atoms with Crippen molar-refractivity contribution in [1.82, 2.24) is 0 Å². The molecule has 13 heavy (non-hydrogen) atoms. The maximum absolute atomic E-state index is 9.58. The van der Waals surface area contributed by atoms with Crippen molar-refractivity contribution in [2.75, 3.05) is 11.9 Å². The Morgan fingerprint density at radius 2 is 2.00 bits per heavy atom. The highest BCUT2D eigenvalue weighted by Gasteiger charge is 2.10. The number of para-hydroxylation sites is 2. The second-order valence-electron chi connectivity index (χ2n) is 3.36. The van der Waals surface area contributed by atoms with Gasteiger partial charge in [-0.05, 0) is 25.5 Å². The summed E-state index contributed by atoms with van der Waals surface area (Å²) in [4.78, 5) is 2.09. The van der Waals surface area contributed by atoms with Crippen LogP contribution in [0.5, 0.6) is 5.75 Å². The van der Waals surface area contributed by atoms with Crippen LogP contribution in [0, 0.1) is 0 Å². The van der Waals surface area contributed by atoms with Gasteiger partial charge in [-0.2, -0.15) is 0 Å². The maximum atomic E-state index is 9.58. The minimum Gasteiger partial charge on any atom is -0.506 e. The van der Waals surface area contributed by atoms with E-state index in [1.165, 1.54) is 0 Å². The fraction of sp³-hybridized carbons (Fsp3) is 0.455. The molecule has 0 aliphatic rings. The van der Waals surface area contributed by atoms with E-state index in [1.54, 1.807) is 6.07 Å². The van der Waals surface area contributed by atoms with E-state index >= 15 is 0 Å². The summed E-state index contributed by atoms with van der Waals surface area (Å²) < 4.78 is 0. The van der Waals surface area contributed by atoms with Crippen molar-refractivity contribution in [3.8, 4) is 5.75 Å². The van der Waals surface area contributed by atoms with Gasteiger partial charge in [-0.25, -0.2) is 0 Å². The van der Waals surface area contributed by atoms with E-state index in [4.69, 9.17) is 0 Å². The molecule has 2 heteroatoms. The van der Waals surface area contributed by atoms with E-state index in [0.29, 0.717) is 11.8 Å². The van der Waals surface area contributed by atoms with Gasteiger partial charge < -0.3 is 10.0 Å². The molecule has 0 bridgehead atoms. The summed E-state index contributed by atoms with van der Waals surface area (Å²) in [6.07, 6.45) is 1.07. The van der Waals surface area contributed by atoms with Crippen LogP contribution in [0.4, 0.5) is 5.69 Å². The van der Waals surface area contributed by atoms with Crippen molar-refractivity contribution < 1.29 is 5.11 Å². The van der Waals surface area contributed by atoms with Crippen LogP contribution in [-0.4, -0.2) is 18.2 Å². The molecule has 0 spiro atoms. The monoisotopic (exact) mass is 179 g/mol. The molecule has 0 heterocycles. The standard InChI is InChI=1S/C11H17NO/c1-4-9(2)12(3)10-7-5-6-8-11(10)13/h5-9,13H,4H2,1-3H3. The Labute approximate surface area is 79.8 Å². The van der Waals surface area contributed by atoms with Crippen LogP contribution >= 0.6 is 0 Å². The molecule has 1 aromatic carbocycles. The van der Waals surface area contributed by atoms with Crippen LogP contribution in [0.25, 0.3) is 0 Å². The third kappa shape index (κ3) is 2.14. The predicted molar refractivity (Wildman–Crippen MR) is 56.3 cm³/mol. The number of hydrogen-bond acceptors (Lipinski definition) is 2. The van der Waals surface area contributed by atoms with Crippen LogP contribution in [0.2, 0.25) is 0 Å². The van der Waals surface area contributed by atoms with Gasteiger partial charge in [0.1, 0.15) is 5.75 Å². The zero-order chi connectivity index (χ0) is 9.84. The molecule has 1 aromatic rings. The predicted octanol–water partition coefficient (Wildman–Crippen LogP) is 2.63. The first kappa shape index (κ1) is 9.90. The van der Waals surface area contributed by atoms with E-state index in [1.807, 2.05) is 25.2 Å². The quantitative estimate of drug-likeness (QED) is 0.771.